The molecule has 0 aliphatic carbocycles. The molecule has 1 heterocycles. The van der Waals surface area contributed by atoms with Gasteiger partial charge in [-0.1, -0.05) is 13.8 Å². The van der Waals surface area contributed by atoms with Crippen LogP contribution >= 0.6 is 0 Å². The SMILES string of the molecule is CC.CN(C)C1CCN(c2ccc([N+](=O)[O-])cc2)C1. The Balaban J connectivity index is 0.000000861. The second kappa shape index (κ2) is 7.09. The normalized spacial score (nSPS) is 18.2. The molecule has 0 spiro atoms. The number of nitrogens with zero attached hydrogens (tertiary/aromatic N) is 3. The Kier molecular flexibility index (Phi) is 5.76. The van der Waals surface area contributed by atoms with E-state index in [2.05, 4.69) is 23.9 Å². The average molecular weight is 265 g/mol. The van der Waals surface area contributed by atoms with E-state index in [1.165, 1.54) is 0 Å². The van der Waals surface area contributed by atoms with Gasteiger partial charge in [0.2, 0.25) is 0 Å². The molecular formula is C14H23N3O2. The zero-order valence-electron chi connectivity index (χ0n) is 12.2. The number of benzene rings is 1. The van der Waals surface area contributed by atoms with Crippen LogP contribution in [0.25, 0.3) is 0 Å². The first kappa shape index (κ1) is 15.4. The minimum atomic E-state index is -0.365. The quantitative estimate of drug-likeness (QED) is 0.623. The summed E-state index contributed by atoms with van der Waals surface area (Å²) >= 11 is 0. The van der Waals surface area contributed by atoms with E-state index < -0.39 is 0 Å². The van der Waals surface area contributed by atoms with Gasteiger partial charge in [0.15, 0.2) is 0 Å². The Labute approximate surface area is 115 Å². The lowest BCUT2D eigenvalue weighted by Crippen LogP contribution is -2.31. The first-order chi connectivity index (χ1) is 9.08. The topological polar surface area (TPSA) is 49.6 Å². The van der Waals surface area contributed by atoms with Gasteiger partial charge in [0.25, 0.3) is 5.69 Å². The van der Waals surface area contributed by atoms with Gasteiger partial charge >= 0.3 is 0 Å². The molecule has 5 heteroatoms. The van der Waals surface area contributed by atoms with Crippen molar-refractivity contribution in [1.29, 1.82) is 0 Å². The molecule has 0 N–H and O–H groups in total. The molecule has 1 aliphatic heterocycles. The van der Waals surface area contributed by atoms with Crippen LogP contribution in [0, 0.1) is 10.1 Å². The van der Waals surface area contributed by atoms with Gasteiger partial charge in [-0.2, -0.15) is 0 Å². The summed E-state index contributed by atoms with van der Waals surface area (Å²) in [5.74, 6) is 0. The fourth-order valence-corrected chi connectivity index (χ4v) is 2.18. The van der Waals surface area contributed by atoms with Crippen LogP contribution < -0.4 is 4.90 Å². The van der Waals surface area contributed by atoms with Gasteiger partial charge in [0.05, 0.1) is 4.92 Å². The number of likely N-dealkylation sites (N-methyl/N-ethyl adjacent to an activating group) is 1. The summed E-state index contributed by atoms with van der Waals surface area (Å²) in [5, 5.41) is 10.6. The van der Waals surface area contributed by atoms with Gasteiger partial charge in [-0.05, 0) is 32.6 Å². The van der Waals surface area contributed by atoms with Gasteiger partial charge in [-0.25, -0.2) is 0 Å². The van der Waals surface area contributed by atoms with Crippen LogP contribution in [0.1, 0.15) is 20.3 Å². The summed E-state index contributed by atoms with van der Waals surface area (Å²) in [7, 11) is 4.17. The molecule has 0 radical (unpaired) electrons. The molecule has 0 bridgehead atoms. The molecular weight excluding hydrogens is 242 g/mol. The zero-order valence-corrected chi connectivity index (χ0v) is 12.2. The minimum absolute atomic E-state index is 0.150. The maximum Gasteiger partial charge on any atom is 0.269 e. The van der Waals surface area contributed by atoms with Gasteiger partial charge in [-0.3, -0.25) is 10.1 Å². The molecule has 106 valence electrons. The van der Waals surface area contributed by atoms with E-state index in [1.54, 1.807) is 12.1 Å². The van der Waals surface area contributed by atoms with Crippen LogP contribution in [0.2, 0.25) is 0 Å². The van der Waals surface area contributed by atoms with Gasteiger partial charge < -0.3 is 9.80 Å². The Morgan fingerprint density at radius 3 is 2.26 bits per heavy atom. The molecule has 0 aromatic heterocycles. The molecule has 1 aliphatic rings. The molecule has 1 atom stereocenters. The van der Waals surface area contributed by atoms with E-state index >= 15 is 0 Å². The summed E-state index contributed by atoms with van der Waals surface area (Å²) in [4.78, 5) is 14.7. The minimum Gasteiger partial charge on any atom is -0.370 e. The number of hydrogen-bond acceptors (Lipinski definition) is 4. The van der Waals surface area contributed by atoms with Gasteiger partial charge in [-0.15, -0.1) is 0 Å². The van der Waals surface area contributed by atoms with Crippen molar-refractivity contribution in [3.05, 3.63) is 34.4 Å². The first-order valence-electron chi connectivity index (χ1n) is 6.74. The van der Waals surface area contributed by atoms with Gasteiger partial charge in [0, 0.05) is 37.0 Å². The highest BCUT2D eigenvalue weighted by molar-refractivity contribution is 5.51. The van der Waals surface area contributed by atoms with E-state index in [9.17, 15) is 10.1 Å². The Morgan fingerprint density at radius 1 is 1.26 bits per heavy atom. The third-order valence-electron chi connectivity index (χ3n) is 3.32. The predicted octanol–water partition coefficient (Wildman–Crippen LogP) is 2.76. The Bertz CT molecular complexity index is 404. The van der Waals surface area contributed by atoms with E-state index in [0.717, 1.165) is 25.2 Å². The van der Waals surface area contributed by atoms with E-state index in [0.29, 0.717) is 6.04 Å². The highest BCUT2D eigenvalue weighted by Gasteiger charge is 2.24. The lowest BCUT2D eigenvalue weighted by molar-refractivity contribution is -0.384. The highest BCUT2D eigenvalue weighted by Crippen LogP contribution is 2.24. The number of rotatable bonds is 3. The summed E-state index contributed by atoms with van der Waals surface area (Å²) in [5.41, 5.74) is 1.22. The second-order valence-corrected chi connectivity index (χ2v) is 4.63. The van der Waals surface area contributed by atoms with Crippen molar-refractivity contribution < 1.29 is 4.92 Å². The number of anilines is 1. The van der Waals surface area contributed by atoms with Crippen LogP contribution in [0.5, 0.6) is 0 Å². The smallest absolute Gasteiger partial charge is 0.269 e. The summed E-state index contributed by atoms with van der Waals surface area (Å²) in [6.45, 7) is 6.01. The molecule has 1 fully saturated rings. The molecule has 19 heavy (non-hydrogen) atoms. The van der Waals surface area contributed by atoms with Crippen LogP contribution in [0.15, 0.2) is 24.3 Å². The van der Waals surface area contributed by atoms with Crippen molar-refractivity contribution >= 4 is 11.4 Å². The Hall–Kier alpha value is -1.62. The predicted molar refractivity (Wildman–Crippen MR) is 78.7 cm³/mol. The van der Waals surface area contributed by atoms with E-state index in [1.807, 2.05) is 26.0 Å². The molecule has 1 aromatic carbocycles. The second-order valence-electron chi connectivity index (χ2n) is 4.63. The Morgan fingerprint density at radius 2 is 1.84 bits per heavy atom. The molecule has 1 aromatic rings. The van der Waals surface area contributed by atoms with Crippen molar-refractivity contribution in [2.45, 2.75) is 26.3 Å². The molecule has 0 amide bonds. The maximum absolute atomic E-state index is 10.6. The highest BCUT2D eigenvalue weighted by atomic mass is 16.6. The molecule has 2 rings (SSSR count). The standard InChI is InChI=1S/C12H17N3O2.C2H6/c1-13(2)12-7-8-14(9-12)10-3-5-11(6-4-10)15(16)17;1-2/h3-6,12H,7-9H2,1-2H3;1-2H3. The van der Waals surface area contributed by atoms with E-state index in [-0.39, 0.29) is 10.6 Å². The summed E-state index contributed by atoms with van der Waals surface area (Å²) in [6.07, 6.45) is 1.14. The van der Waals surface area contributed by atoms with Crippen molar-refractivity contribution in [2.75, 3.05) is 32.1 Å². The number of non-ortho nitro benzene ring substituents is 1. The monoisotopic (exact) mass is 265 g/mol. The summed E-state index contributed by atoms with van der Waals surface area (Å²) < 4.78 is 0. The number of hydrogen-bond donors (Lipinski definition) is 0. The fourth-order valence-electron chi connectivity index (χ4n) is 2.18. The molecule has 5 nitrogen and oxygen atoms in total. The molecule has 1 unspecified atom stereocenters. The first-order valence-corrected chi connectivity index (χ1v) is 6.74. The number of nitro groups is 1. The fraction of sp³-hybridized carbons (Fsp3) is 0.571. The van der Waals surface area contributed by atoms with Gasteiger partial charge in [0.1, 0.15) is 0 Å². The van der Waals surface area contributed by atoms with Crippen molar-refractivity contribution in [3.63, 3.8) is 0 Å². The zero-order chi connectivity index (χ0) is 14.4. The summed E-state index contributed by atoms with van der Waals surface area (Å²) in [6, 6.07) is 7.37. The maximum atomic E-state index is 10.6. The van der Waals surface area contributed by atoms with Crippen molar-refractivity contribution in [3.8, 4) is 0 Å². The van der Waals surface area contributed by atoms with Crippen LogP contribution in [-0.2, 0) is 0 Å². The third kappa shape index (κ3) is 3.92. The third-order valence-corrected chi connectivity index (χ3v) is 3.32. The van der Waals surface area contributed by atoms with Crippen LogP contribution in [-0.4, -0.2) is 43.0 Å². The van der Waals surface area contributed by atoms with Crippen molar-refractivity contribution in [2.24, 2.45) is 0 Å². The average Bonchev–Trinajstić information content (AvgIpc) is 2.91. The largest absolute Gasteiger partial charge is 0.370 e. The lowest BCUT2D eigenvalue weighted by Gasteiger charge is -2.21. The van der Waals surface area contributed by atoms with Crippen LogP contribution in [0.3, 0.4) is 0 Å². The molecule has 0 saturated carbocycles. The van der Waals surface area contributed by atoms with E-state index in [4.69, 9.17) is 0 Å². The lowest BCUT2D eigenvalue weighted by atomic mass is 10.2. The van der Waals surface area contributed by atoms with Crippen molar-refractivity contribution in [1.82, 2.24) is 4.90 Å². The van der Waals surface area contributed by atoms with Crippen LogP contribution in [0.4, 0.5) is 11.4 Å². The number of nitro benzene ring substituents is 1. The molecule has 1 saturated heterocycles.